The second kappa shape index (κ2) is 9.56. The molecule has 1 aromatic carbocycles. The van der Waals surface area contributed by atoms with E-state index in [1.54, 1.807) is 26.0 Å². The lowest BCUT2D eigenvalue weighted by atomic mass is 9.87. The molecule has 1 rings (SSSR count). The van der Waals surface area contributed by atoms with Crippen LogP contribution in [0.15, 0.2) is 24.3 Å². The first-order valence-electron chi connectivity index (χ1n) is 8.06. The number of ether oxygens (including phenoxy) is 2. The molecule has 0 aromatic heterocycles. The van der Waals surface area contributed by atoms with Gasteiger partial charge in [0.15, 0.2) is 11.7 Å². The Hall–Kier alpha value is -2.70. The van der Waals surface area contributed by atoms with Gasteiger partial charge in [-0.2, -0.15) is 0 Å². The summed E-state index contributed by atoms with van der Waals surface area (Å²) in [6.45, 7) is 6.30. The molecule has 7 heteroatoms. The Bertz CT molecular complexity index is 619. The third-order valence-electron chi connectivity index (χ3n) is 3.48. The third kappa shape index (κ3) is 5.70. The molecule has 0 saturated heterocycles. The van der Waals surface area contributed by atoms with Gasteiger partial charge in [0.1, 0.15) is 0 Å². The zero-order valence-electron chi connectivity index (χ0n) is 14.8. The Morgan fingerprint density at radius 3 is 1.84 bits per heavy atom. The van der Waals surface area contributed by atoms with Crippen LogP contribution in [0, 0.1) is 11.8 Å². The number of anilines is 1. The zero-order chi connectivity index (χ0) is 19.0. The third-order valence-corrected chi connectivity index (χ3v) is 3.48. The van der Waals surface area contributed by atoms with Crippen molar-refractivity contribution in [3.05, 3.63) is 29.8 Å². The van der Waals surface area contributed by atoms with Crippen molar-refractivity contribution in [1.82, 2.24) is 0 Å². The molecule has 0 radical (unpaired) electrons. The predicted molar refractivity (Wildman–Crippen MR) is 91.0 cm³/mol. The highest BCUT2D eigenvalue weighted by Crippen LogP contribution is 2.22. The van der Waals surface area contributed by atoms with Crippen molar-refractivity contribution in [3.8, 4) is 0 Å². The summed E-state index contributed by atoms with van der Waals surface area (Å²) in [6.07, 6.45) is 0. The van der Waals surface area contributed by atoms with Crippen molar-refractivity contribution >= 4 is 29.3 Å². The van der Waals surface area contributed by atoms with Gasteiger partial charge < -0.3 is 14.8 Å². The maximum Gasteiger partial charge on any atom is 0.321 e. The largest absolute Gasteiger partial charge is 0.465 e. The molecule has 0 aliphatic carbocycles. The predicted octanol–water partition coefficient (Wildman–Crippen LogP) is 2.21. The second-order valence-electron chi connectivity index (χ2n) is 5.39. The average molecular weight is 349 g/mol. The molecule has 0 aliphatic heterocycles. The molecule has 1 N–H and O–H groups in total. The minimum absolute atomic E-state index is 0.0983. The van der Waals surface area contributed by atoms with Gasteiger partial charge in [-0.25, -0.2) is 0 Å². The van der Waals surface area contributed by atoms with Gasteiger partial charge in [-0.15, -0.1) is 0 Å². The van der Waals surface area contributed by atoms with Crippen LogP contribution in [0.25, 0.3) is 0 Å². The summed E-state index contributed by atoms with van der Waals surface area (Å²) in [5.74, 6) is -4.43. The number of ketones is 1. The molecular weight excluding hydrogens is 326 g/mol. The fourth-order valence-corrected chi connectivity index (χ4v) is 2.30. The Labute approximate surface area is 146 Å². The van der Waals surface area contributed by atoms with Crippen molar-refractivity contribution in [2.75, 3.05) is 18.5 Å². The molecule has 0 spiro atoms. The van der Waals surface area contributed by atoms with E-state index < -0.39 is 23.8 Å². The van der Waals surface area contributed by atoms with Crippen LogP contribution < -0.4 is 5.32 Å². The van der Waals surface area contributed by atoms with Gasteiger partial charge in [0, 0.05) is 24.1 Å². The van der Waals surface area contributed by atoms with E-state index in [0.717, 1.165) is 0 Å². The number of nitrogens with one attached hydrogen (secondary N) is 1. The average Bonchev–Trinajstić information content (AvgIpc) is 2.55. The number of esters is 2. The highest BCUT2D eigenvalue weighted by atomic mass is 16.6. The van der Waals surface area contributed by atoms with Gasteiger partial charge in [0.2, 0.25) is 5.91 Å². The van der Waals surface area contributed by atoms with Gasteiger partial charge in [0.05, 0.1) is 13.2 Å². The topological polar surface area (TPSA) is 98.8 Å². The van der Waals surface area contributed by atoms with Crippen LogP contribution in [0.5, 0.6) is 0 Å². The van der Waals surface area contributed by atoms with E-state index in [1.807, 2.05) is 0 Å². The number of hydrogen-bond donors (Lipinski definition) is 1. The Morgan fingerprint density at radius 1 is 0.960 bits per heavy atom. The molecule has 0 bridgehead atoms. The number of Topliss-reactive ketones (excluding diaryl/α,β-unsaturated/α-hetero) is 1. The van der Waals surface area contributed by atoms with Crippen LogP contribution in [0.1, 0.15) is 38.1 Å². The second-order valence-corrected chi connectivity index (χ2v) is 5.39. The number of amides is 1. The van der Waals surface area contributed by atoms with E-state index in [1.165, 1.54) is 26.0 Å². The van der Waals surface area contributed by atoms with E-state index in [4.69, 9.17) is 9.47 Å². The molecule has 136 valence electrons. The molecule has 0 aliphatic rings. The SMILES string of the molecule is CCOC(=O)C(C(=O)OCC)[C@H](C)C(=O)c1ccc(NC(C)=O)cc1. The highest BCUT2D eigenvalue weighted by Gasteiger charge is 2.39. The first kappa shape index (κ1) is 20.3. The van der Waals surface area contributed by atoms with Crippen molar-refractivity contribution in [2.24, 2.45) is 11.8 Å². The van der Waals surface area contributed by atoms with Crippen LogP contribution in [0.2, 0.25) is 0 Å². The molecule has 0 saturated carbocycles. The fourth-order valence-electron chi connectivity index (χ4n) is 2.30. The summed E-state index contributed by atoms with van der Waals surface area (Å²) in [7, 11) is 0. The maximum absolute atomic E-state index is 12.6. The quantitative estimate of drug-likeness (QED) is 0.439. The molecule has 1 amide bonds. The van der Waals surface area contributed by atoms with E-state index >= 15 is 0 Å². The Balaban J connectivity index is 3.00. The molecule has 0 unspecified atom stereocenters. The molecule has 1 atom stereocenters. The lowest BCUT2D eigenvalue weighted by Gasteiger charge is -2.20. The van der Waals surface area contributed by atoms with Gasteiger partial charge >= 0.3 is 11.9 Å². The minimum Gasteiger partial charge on any atom is -0.465 e. The number of benzene rings is 1. The van der Waals surface area contributed by atoms with Crippen molar-refractivity contribution in [1.29, 1.82) is 0 Å². The smallest absolute Gasteiger partial charge is 0.321 e. The molecule has 1 aromatic rings. The standard InChI is InChI=1S/C18H23NO6/c1-5-24-17(22)15(18(23)25-6-2)11(3)16(21)13-7-9-14(10-8-13)19-12(4)20/h7-11,15H,5-6H2,1-4H3,(H,19,20)/t11-/m0/s1. The van der Waals surface area contributed by atoms with Gasteiger partial charge in [0.25, 0.3) is 0 Å². The first-order valence-corrected chi connectivity index (χ1v) is 8.06. The van der Waals surface area contributed by atoms with Crippen LogP contribution in [0.3, 0.4) is 0 Å². The number of rotatable bonds is 8. The Morgan fingerprint density at radius 2 is 1.44 bits per heavy atom. The first-order chi connectivity index (χ1) is 11.8. The van der Waals surface area contributed by atoms with E-state index in [2.05, 4.69) is 5.32 Å². The summed E-state index contributed by atoms with van der Waals surface area (Å²) in [5, 5.41) is 2.59. The number of carbonyl (C=O) groups is 4. The normalized spacial score (nSPS) is 11.6. The molecular formula is C18H23NO6. The molecule has 0 fully saturated rings. The number of carbonyl (C=O) groups excluding carboxylic acids is 4. The van der Waals surface area contributed by atoms with E-state index in [0.29, 0.717) is 11.3 Å². The summed E-state index contributed by atoms with van der Waals surface area (Å²) < 4.78 is 9.80. The van der Waals surface area contributed by atoms with Crippen LogP contribution >= 0.6 is 0 Å². The van der Waals surface area contributed by atoms with Crippen LogP contribution in [-0.2, 0) is 23.9 Å². The van der Waals surface area contributed by atoms with Crippen LogP contribution in [0.4, 0.5) is 5.69 Å². The van der Waals surface area contributed by atoms with E-state index in [9.17, 15) is 19.2 Å². The van der Waals surface area contributed by atoms with Gasteiger partial charge in [-0.05, 0) is 38.1 Å². The highest BCUT2D eigenvalue weighted by molar-refractivity contribution is 6.06. The Kier molecular flexibility index (Phi) is 7.78. The van der Waals surface area contributed by atoms with Crippen molar-refractivity contribution in [2.45, 2.75) is 27.7 Å². The zero-order valence-corrected chi connectivity index (χ0v) is 14.8. The molecule has 0 heterocycles. The molecule has 25 heavy (non-hydrogen) atoms. The lowest BCUT2D eigenvalue weighted by Crippen LogP contribution is -2.37. The van der Waals surface area contributed by atoms with Crippen molar-refractivity contribution in [3.63, 3.8) is 0 Å². The maximum atomic E-state index is 12.6. The van der Waals surface area contributed by atoms with E-state index in [-0.39, 0.29) is 24.9 Å². The van der Waals surface area contributed by atoms with Gasteiger partial charge in [-0.1, -0.05) is 6.92 Å². The van der Waals surface area contributed by atoms with Gasteiger partial charge in [-0.3, -0.25) is 19.2 Å². The summed E-state index contributed by atoms with van der Waals surface area (Å²) in [4.78, 5) is 47.8. The number of hydrogen-bond acceptors (Lipinski definition) is 6. The minimum atomic E-state index is -1.32. The monoisotopic (exact) mass is 349 g/mol. The fraction of sp³-hybridized carbons (Fsp3) is 0.444. The lowest BCUT2D eigenvalue weighted by molar-refractivity contribution is -0.163. The summed E-state index contributed by atoms with van der Waals surface area (Å²) in [6, 6.07) is 6.20. The van der Waals surface area contributed by atoms with Crippen molar-refractivity contribution < 1.29 is 28.7 Å². The summed E-state index contributed by atoms with van der Waals surface area (Å²) in [5.41, 5.74) is 0.865. The summed E-state index contributed by atoms with van der Waals surface area (Å²) >= 11 is 0. The van der Waals surface area contributed by atoms with Crippen LogP contribution in [-0.4, -0.2) is 36.8 Å². The molecule has 7 nitrogen and oxygen atoms in total.